The molecule has 6 heteroatoms. The van der Waals surface area contributed by atoms with Crippen LogP contribution in [0, 0.1) is 5.92 Å². The van der Waals surface area contributed by atoms with Gasteiger partial charge in [-0.3, -0.25) is 9.59 Å². The highest BCUT2D eigenvalue weighted by atomic mass is 16.7. The van der Waals surface area contributed by atoms with Gasteiger partial charge >= 0.3 is 5.97 Å². The van der Waals surface area contributed by atoms with E-state index in [4.69, 9.17) is 14.2 Å². The Bertz CT molecular complexity index is 639. The number of hydrogen-bond acceptors (Lipinski definition) is 5. The van der Waals surface area contributed by atoms with E-state index in [1.807, 2.05) is 0 Å². The molecule has 1 fully saturated rings. The number of carbonyl (C=O) groups excluding carboxylic acids is 2. The van der Waals surface area contributed by atoms with E-state index < -0.39 is 6.10 Å². The first-order valence-corrected chi connectivity index (χ1v) is 9.52. The molecule has 1 atom stereocenters. The molecule has 0 saturated heterocycles. The lowest BCUT2D eigenvalue weighted by Gasteiger charge is -2.21. The third kappa shape index (κ3) is 5.13. The molecule has 1 saturated carbocycles. The van der Waals surface area contributed by atoms with Crippen LogP contribution in [0.3, 0.4) is 0 Å². The number of carbonyl (C=O) groups is 2. The molecule has 0 aromatic heterocycles. The number of rotatable bonds is 7. The molecule has 1 amide bonds. The number of esters is 1. The molecule has 0 spiro atoms. The summed E-state index contributed by atoms with van der Waals surface area (Å²) in [5, 5.41) is 2.73. The minimum Gasteiger partial charge on any atom is -0.454 e. The van der Waals surface area contributed by atoms with E-state index in [2.05, 4.69) is 5.32 Å². The summed E-state index contributed by atoms with van der Waals surface area (Å²) in [7, 11) is 0. The maximum absolute atomic E-state index is 12.2. The van der Waals surface area contributed by atoms with Crippen molar-refractivity contribution in [2.45, 2.75) is 64.4 Å². The third-order valence-electron chi connectivity index (χ3n) is 5.04. The first-order chi connectivity index (χ1) is 12.6. The molecule has 142 valence electrons. The number of fused-ring (bicyclic) bond motifs is 1. The van der Waals surface area contributed by atoms with E-state index in [1.54, 1.807) is 25.1 Å². The van der Waals surface area contributed by atoms with Gasteiger partial charge in [0.25, 0.3) is 5.91 Å². The van der Waals surface area contributed by atoms with Gasteiger partial charge in [-0.2, -0.15) is 0 Å². The summed E-state index contributed by atoms with van der Waals surface area (Å²) in [6.45, 7) is 1.77. The van der Waals surface area contributed by atoms with Crippen molar-refractivity contribution >= 4 is 17.6 Å². The lowest BCUT2D eigenvalue weighted by Crippen LogP contribution is -2.29. The minimum atomic E-state index is -0.831. The molecule has 26 heavy (non-hydrogen) atoms. The van der Waals surface area contributed by atoms with Crippen LogP contribution in [0.15, 0.2) is 18.2 Å². The van der Waals surface area contributed by atoms with Crippen LogP contribution in [0.2, 0.25) is 0 Å². The Morgan fingerprint density at radius 1 is 1.19 bits per heavy atom. The van der Waals surface area contributed by atoms with Crippen LogP contribution >= 0.6 is 0 Å². The number of nitrogens with one attached hydrogen (secondary N) is 1. The molecular formula is C20H27NO5. The second kappa shape index (κ2) is 8.92. The topological polar surface area (TPSA) is 73.9 Å². The monoisotopic (exact) mass is 361 g/mol. The van der Waals surface area contributed by atoms with Crippen LogP contribution < -0.4 is 14.8 Å². The van der Waals surface area contributed by atoms with E-state index >= 15 is 0 Å². The molecule has 6 nitrogen and oxygen atoms in total. The zero-order valence-corrected chi connectivity index (χ0v) is 15.3. The fraction of sp³-hybridized carbons (Fsp3) is 0.600. The van der Waals surface area contributed by atoms with Crippen molar-refractivity contribution in [1.29, 1.82) is 0 Å². The number of ether oxygens (including phenoxy) is 3. The Morgan fingerprint density at radius 3 is 2.77 bits per heavy atom. The second-order valence-electron chi connectivity index (χ2n) is 7.09. The van der Waals surface area contributed by atoms with Gasteiger partial charge in [0, 0.05) is 18.2 Å². The van der Waals surface area contributed by atoms with Crippen LogP contribution in [0.25, 0.3) is 0 Å². The molecule has 2 aliphatic rings. The summed E-state index contributed by atoms with van der Waals surface area (Å²) in [6.07, 6.45) is 7.98. The van der Waals surface area contributed by atoms with Crippen molar-refractivity contribution in [2.24, 2.45) is 5.92 Å². The Morgan fingerprint density at radius 2 is 1.96 bits per heavy atom. The number of benzene rings is 1. The van der Waals surface area contributed by atoms with Crippen LogP contribution in [0.1, 0.15) is 58.3 Å². The molecule has 3 rings (SSSR count). The maximum Gasteiger partial charge on any atom is 0.306 e. The van der Waals surface area contributed by atoms with Crippen LogP contribution in [0.5, 0.6) is 11.5 Å². The Labute approximate surface area is 154 Å². The SMILES string of the molecule is CC(OC(=O)CCCC1CCCCC1)C(=O)Nc1ccc2c(c1)OCO2. The molecule has 1 unspecified atom stereocenters. The van der Waals surface area contributed by atoms with Gasteiger partial charge in [-0.25, -0.2) is 0 Å². The molecule has 0 radical (unpaired) electrons. The highest BCUT2D eigenvalue weighted by molar-refractivity contribution is 5.95. The van der Waals surface area contributed by atoms with E-state index in [-0.39, 0.29) is 18.7 Å². The van der Waals surface area contributed by atoms with Gasteiger partial charge in [-0.1, -0.05) is 32.1 Å². The fourth-order valence-electron chi connectivity index (χ4n) is 3.54. The summed E-state index contributed by atoms with van der Waals surface area (Å²) in [5.74, 6) is 1.33. The number of amides is 1. The van der Waals surface area contributed by atoms with E-state index in [1.165, 1.54) is 32.1 Å². The zero-order chi connectivity index (χ0) is 18.4. The highest BCUT2D eigenvalue weighted by Gasteiger charge is 2.20. The highest BCUT2D eigenvalue weighted by Crippen LogP contribution is 2.34. The first kappa shape index (κ1) is 18.5. The summed E-state index contributed by atoms with van der Waals surface area (Å²) in [5.41, 5.74) is 0.583. The number of hydrogen-bond donors (Lipinski definition) is 1. The molecule has 1 N–H and O–H groups in total. The van der Waals surface area contributed by atoms with Crippen molar-refractivity contribution in [2.75, 3.05) is 12.1 Å². The largest absolute Gasteiger partial charge is 0.454 e. The molecule has 1 aliphatic heterocycles. The van der Waals surface area contributed by atoms with Crippen molar-refractivity contribution in [3.63, 3.8) is 0 Å². The normalized spacial score (nSPS) is 17.6. The predicted molar refractivity (Wildman–Crippen MR) is 97.2 cm³/mol. The summed E-state index contributed by atoms with van der Waals surface area (Å²) < 4.78 is 15.8. The lowest BCUT2D eigenvalue weighted by molar-refractivity contribution is -0.153. The summed E-state index contributed by atoms with van der Waals surface area (Å²) in [4.78, 5) is 24.2. The van der Waals surface area contributed by atoms with Crippen LogP contribution in [-0.4, -0.2) is 24.8 Å². The van der Waals surface area contributed by atoms with Gasteiger partial charge in [0.05, 0.1) is 0 Å². The molecule has 1 aliphatic carbocycles. The van der Waals surface area contributed by atoms with Crippen LogP contribution in [0.4, 0.5) is 5.69 Å². The average Bonchev–Trinajstić information content (AvgIpc) is 3.10. The van der Waals surface area contributed by atoms with E-state index in [0.717, 1.165) is 18.8 Å². The van der Waals surface area contributed by atoms with Gasteiger partial charge in [-0.15, -0.1) is 0 Å². The van der Waals surface area contributed by atoms with Gasteiger partial charge < -0.3 is 19.5 Å². The molecule has 1 heterocycles. The summed E-state index contributed by atoms with van der Waals surface area (Å²) >= 11 is 0. The minimum absolute atomic E-state index is 0.182. The maximum atomic E-state index is 12.2. The standard InChI is InChI=1S/C20H27NO5/c1-14(26-19(22)9-5-8-15-6-3-2-4-7-15)20(23)21-16-10-11-17-18(12-16)25-13-24-17/h10-12,14-15H,2-9,13H2,1H3,(H,21,23). The predicted octanol–water partition coefficient (Wildman–Crippen LogP) is 4.04. The van der Waals surface area contributed by atoms with Crippen LogP contribution in [-0.2, 0) is 14.3 Å². The Kier molecular flexibility index (Phi) is 6.36. The fourth-order valence-corrected chi connectivity index (χ4v) is 3.54. The van der Waals surface area contributed by atoms with Crippen molar-refractivity contribution < 1.29 is 23.8 Å². The Hall–Kier alpha value is -2.24. The van der Waals surface area contributed by atoms with Gasteiger partial charge in [0.1, 0.15) is 0 Å². The van der Waals surface area contributed by atoms with E-state index in [0.29, 0.717) is 23.6 Å². The van der Waals surface area contributed by atoms with Crippen molar-refractivity contribution in [3.05, 3.63) is 18.2 Å². The van der Waals surface area contributed by atoms with Gasteiger partial charge in [-0.05, 0) is 37.8 Å². The third-order valence-corrected chi connectivity index (χ3v) is 5.04. The molecule has 0 bridgehead atoms. The molecule has 1 aromatic rings. The quantitative estimate of drug-likeness (QED) is 0.742. The first-order valence-electron chi connectivity index (χ1n) is 9.52. The van der Waals surface area contributed by atoms with Crippen molar-refractivity contribution in [1.82, 2.24) is 0 Å². The smallest absolute Gasteiger partial charge is 0.306 e. The number of anilines is 1. The molecular weight excluding hydrogens is 334 g/mol. The second-order valence-corrected chi connectivity index (χ2v) is 7.09. The zero-order valence-electron chi connectivity index (χ0n) is 15.3. The van der Waals surface area contributed by atoms with Gasteiger partial charge in [0.2, 0.25) is 6.79 Å². The molecule has 1 aromatic carbocycles. The van der Waals surface area contributed by atoms with Crippen molar-refractivity contribution in [3.8, 4) is 11.5 Å². The Balaban J connectivity index is 1.38. The average molecular weight is 361 g/mol. The summed E-state index contributed by atoms with van der Waals surface area (Å²) in [6, 6.07) is 5.16. The lowest BCUT2D eigenvalue weighted by atomic mass is 9.86. The van der Waals surface area contributed by atoms with E-state index in [9.17, 15) is 9.59 Å². The van der Waals surface area contributed by atoms with Gasteiger partial charge in [0.15, 0.2) is 17.6 Å².